The Balaban J connectivity index is 2.80. The summed E-state index contributed by atoms with van der Waals surface area (Å²) in [6, 6.07) is 0. The molecule has 0 bridgehead atoms. The summed E-state index contributed by atoms with van der Waals surface area (Å²) < 4.78 is 0.207. The number of amidine groups is 1. The summed E-state index contributed by atoms with van der Waals surface area (Å²) in [5.41, 5.74) is 5.67. The molecule has 1 atom stereocenters. The van der Waals surface area contributed by atoms with E-state index in [2.05, 4.69) is 19.0 Å². The molecule has 1 rings (SSSR count). The lowest BCUT2D eigenvalue weighted by atomic mass is 9.93. The zero-order valence-electron chi connectivity index (χ0n) is 12.2. The first-order valence-corrected chi connectivity index (χ1v) is 7.67. The van der Waals surface area contributed by atoms with E-state index < -0.39 is 5.92 Å². The van der Waals surface area contributed by atoms with Gasteiger partial charge in [-0.15, -0.1) is 0 Å². The Labute approximate surface area is 119 Å². The summed E-state index contributed by atoms with van der Waals surface area (Å²) in [6.07, 6.45) is 0.963. The maximum atomic E-state index is 12.5. The lowest BCUT2D eigenvalue weighted by Crippen LogP contribution is -2.45. The summed E-state index contributed by atoms with van der Waals surface area (Å²) in [5.74, 6) is 0.406. The van der Waals surface area contributed by atoms with E-state index in [9.17, 15) is 4.79 Å². The van der Waals surface area contributed by atoms with Crippen molar-refractivity contribution in [3.05, 3.63) is 0 Å². The van der Waals surface area contributed by atoms with Gasteiger partial charge in [0.15, 0.2) is 5.84 Å². The summed E-state index contributed by atoms with van der Waals surface area (Å²) in [6.45, 7) is 9.70. The Morgan fingerprint density at radius 3 is 2.58 bits per heavy atom. The van der Waals surface area contributed by atoms with Crippen molar-refractivity contribution in [1.82, 2.24) is 4.90 Å². The van der Waals surface area contributed by atoms with Crippen LogP contribution in [0.15, 0.2) is 5.16 Å². The maximum Gasteiger partial charge on any atom is 0.233 e. The molecule has 5 nitrogen and oxygen atoms in total. The first kappa shape index (κ1) is 16.1. The van der Waals surface area contributed by atoms with E-state index in [0.29, 0.717) is 0 Å². The molecule has 0 spiro atoms. The number of carbonyl (C=O) groups excluding carboxylic acids is 1. The molecule has 6 heteroatoms. The molecule has 0 aromatic heterocycles. The average Bonchev–Trinajstić information content (AvgIpc) is 2.49. The average molecular weight is 287 g/mol. The Morgan fingerprint density at radius 2 is 2.05 bits per heavy atom. The number of nitrogens with two attached hydrogens (primary N) is 1. The molecule has 0 aromatic rings. The second kappa shape index (κ2) is 6.50. The van der Waals surface area contributed by atoms with Crippen LogP contribution in [-0.4, -0.2) is 45.4 Å². The van der Waals surface area contributed by atoms with Crippen molar-refractivity contribution in [1.29, 1.82) is 0 Å². The predicted molar refractivity (Wildman–Crippen MR) is 79.5 cm³/mol. The molecule has 0 aliphatic carbocycles. The van der Waals surface area contributed by atoms with Gasteiger partial charge < -0.3 is 15.8 Å². The fourth-order valence-electron chi connectivity index (χ4n) is 2.25. The van der Waals surface area contributed by atoms with E-state index in [1.54, 1.807) is 0 Å². The zero-order valence-corrected chi connectivity index (χ0v) is 13.0. The predicted octanol–water partition coefficient (Wildman–Crippen LogP) is 1.75. The molecule has 110 valence electrons. The third kappa shape index (κ3) is 4.30. The standard InChI is InChI=1S/C13H25N3O2S/c1-9(2)10(11(14)15-18)12(17)16-6-5-13(3,4)19-8-7-16/h9-10,18H,5-8H2,1-4H3,(H2,14,15). The van der Waals surface area contributed by atoms with Gasteiger partial charge in [-0.1, -0.05) is 32.9 Å². The van der Waals surface area contributed by atoms with Crippen molar-refractivity contribution in [2.45, 2.75) is 38.9 Å². The summed E-state index contributed by atoms with van der Waals surface area (Å²) in [7, 11) is 0. The van der Waals surface area contributed by atoms with E-state index >= 15 is 0 Å². The molecule has 1 heterocycles. The van der Waals surface area contributed by atoms with Crippen LogP contribution in [0.2, 0.25) is 0 Å². The Kier molecular flexibility index (Phi) is 5.52. The molecule has 1 aliphatic heterocycles. The Bertz CT molecular complexity index is 356. The summed E-state index contributed by atoms with van der Waals surface area (Å²) in [4.78, 5) is 14.4. The number of thioether (sulfide) groups is 1. The number of hydrogen-bond donors (Lipinski definition) is 2. The molecule has 1 saturated heterocycles. The van der Waals surface area contributed by atoms with Crippen LogP contribution in [0, 0.1) is 11.8 Å². The van der Waals surface area contributed by atoms with Crippen molar-refractivity contribution in [3.63, 3.8) is 0 Å². The van der Waals surface area contributed by atoms with Crippen molar-refractivity contribution in [2.24, 2.45) is 22.7 Å². The normalized spacial score (nSPS) is 22.2. The molecule has 1 aliphatic rings. The first-order chi connectivity index (χ1) is 8.78. The van der Waals surface area contributed by atoms with E-state index in [1.165, 1.54) is 0 Å². The van der Waals surface area contributed by atoms with Crippen LogP contribution in [0.25, 0.3) is 0 Å². The fraction of sp³-hybridized carbons (Fsp3) is 0.846. The van der Waals surface area contributed by atoms with Crippen LogP contribution in [0.5, 0.6) is 0 Å². The van der Waals surface area contributed by atoms with Gasteiger partial charge in [-0.2, -0.15) is 11.8 Å². The number of nitrogens with zero attached hydrogens (tertiary/aromatic N) is 2. The smallest absolute Gasteiger partial charge is 0.233 e. The lowest BCUT2D eigenvalue weighted by molar-refractivity contribution is -0.134. The van der Waals surface area contributed by atoms with E-state index in [4.69, 9.17) is 10.9 Å². The maximum absolute atomic E-state index is 12.5. The van der Waals surface area contributed by atoms with Crippen molar-refractivity contribution in [2.75, 3.05) is 18.8 Å². The molecule has 0 aromatic carbocycles. The Hall–Kier alpha value is -0.910. The van der Waals surface area contributed by atoms with E-state index in [-0.39, 0.29) is 22.4 Å². The minimum atomic E-state index is -0.531. The minimum Gasteiger partial charge on any atom is -0.409 e. The van der Waals surface area contributed by atoms with Gasteiger partial charge in [-0.3, -0.25) is 4.79 Å². The van der Waals surface area contributed by atoms with Gasteiger partial charge in [0.2, 0.25) is 5.91 Å². The molecular weight excluding hydrogens is 262 g/mol. The van der Waals surface area contributed by atoms with Gasteiger partial charge in [0.05, 0.1) is 0 Å². The monoisotopic (exact) mass is 287 g/mol. The SMILES string of the molecule is CC(C)C(C(=O)N1CCSC(C)(C)CC1)C(N)=NO. The van der Waals surface area contributed by atoms with E-state index in [1.807, 2.05) is 30.5 Å². The second-order valence-electron chi connectivity index (χ2n) is 5.93. The third-order valence-corrected chi connectivity index (χ3v) is 4.89. The highest BCUT2D eigenvalue weighted by Crippen LogP contribution is 2.31. The lowest BCUT2D eigenvalue weighted by Gasteiger charge is -2.28. The highest BCUT2D eigenvalue weighted by atomic mass is 32.2. The van der Waals surface area contributed by atoms with Crippen LogP contribution in [0.4, 0.5) is 0 Å². The van der Waals surface area contributed by atoms with Gasteiger partial charge in [0, 0.05) is 23.6 Å². The first-order valence-electron chi connectivity index (χ1n) is 6.68. The van der Waals surface area contributed by atoms with Gasteiger partial charge in [0.1, 0.15) is 5.92 Å². The molecule has 0 saturated carbocycles. The van der Waals surface area contributed by atoms with Crippen LogP contribution in [-0.2, 0) is 4.79 Å². The van der Waals surface area contributed by atoms with Crippen LogP contribution < -0.4 is 5.73 Å². The molecule has 0 radical (unpaired) electrons. The Morgan fingerprint density at radius 1 is 1.42 bits per heavy atom. The van der Waals surface area contributed by atoms with E-state index in [0.717, 1.165) is 25.3 Å². The topological polar surface area (TPSA) is 78.9 Å². The largest absolute Gasteiger partial charge is 0.409 e. The summed E-state index contributed by atoms with van der Waals surface area (Å²) in [5, 5.41) is 11.8. The number of amides is 1. The van der Waals surface area contributed by atoms with Crippen molar-refractivity contribution < 1.29 is 10.0 Å². The molecule has 3 N–H and O–H groups in total. The molecular formula is C13H25N3O2S. The highest BCUT2D eigenvalue weighted by molar-refractivity contribution is 8.00. The molecule has 19 heavy (non-hydrogen) atoms. The minimum absolute atomic E-state index is 0.0103. The van der Waals surface area contributed by atoms with Gasteiger partial charge >= 0.3 is 0 Å². The number of rotatable bonds is 3. The number of carbonyl (C=O) groups is 1. The van der Waals surface area contributed by atoms with Crippen LogP contribution in [0.1, 0.15) is 34.1 Å². The molecule has 1 unspecified atom stereocenters. The summed E-state index contributed by atoms with van der Waals surface area (Å²) >= 11 is 1.89. The zero-order chi connectivity index (χ0) is 14.6. The number of oxime groups is 1. The molecule has 1 fully saturated rings. The van der Waals surface area contributed by atoms with Crippen molar-refractivity contribution in [3.8, 4) is 0 Å². The number of hydrogen-bond acceptors (Lipinski definition) is 4. The fourth-order valence-corrected chi connectivity index (χ4v) is 3.35. The van der Waals surface area contributed by atoms with Crippen LogP contribution in [0.3, 0.4) is 0 Å². The van der Waals surface area contributed by atoms with Crippen LogP contribution >= 0.6 is 11.8 Å². The van der Waals surface area contributed by atoms with Gasteiger partial charge in [-0.25, -0.2) is 0 Å². The van der Waals surface area contributed by atoms with Gasteiger partial charge in [-0.05, 0) is 12.3 Å². The second-order valence-corrected chi connectivity index (χ2v) is 7.73. The third-order valence-electron chi connectivity index (χ3n) is 3.52. The van der Waals surface area contributed by atoms with Gasteiger partial charge in [0.25, 0.3) is 0 Å². The highest BCUT2D eigenvalue weighted by Gasteiger charge is 2.33. The quantitative estimate of drug-likeness (QED) is 0.359. The van der Waals surface area contributed by atoms with Crippen molar-refractivity contribution >= 4 is 23.5 Å². The molecule has 1 amide bonds.